The number of hydrogen-bond acceptors (Lipinski definition) is 1. The highest BCUT2D eigenvalue weighted by Gasteiger charge is 2.14. The monoisotopic (exact) mass is 135 g/mol. The SMILES string of the molecule is [C-]#[N+]C(C)c1occc1C. The normalized spacial score (nSPS) is 12.5. The van der Waals surface area contributed by atoms with Crippen LogP contribution in [-0.4, -0.2) is 0 Å². The lowest BCUT2D eigenvalue weighted by molar-refractivity contribution is 0.496. The molecule has 0 spiro atoms. The van der Waals surface area contributed by atoms with E-state index in [4.69, 9.17) is 11.0 Å². The van der Waals surface area contributed by atoms with Crippen LogP contribution in [0.15, 0.2) is 16.7 Å². The largest absolute Gasteiger partial charge is 0.461 e. The van der Waals surface area contributed by atoms with E-state index in [-0.39, 0.29) is 6.04 Å². The van der Waals surface area contributed by atoms with Crippen LogP contribution in [0.5, 0.6) is 0 Å². The van der Waals surface area contributed by atoms with Crippen molar-refractivity contribution in [1.29, 1.82) is 0 Å². The zero-order chi connectivity index (χ0) is 7.56. The summed E-state index contributed by atoms with van der Waals surface area (Å²) in [5.41, 5.74) is 1.06. The molecule has 1 unspecified atom stereocenters. The van der Waals surface area contributed by atoms with E-state index in [0.717, 1.165) is 11.3 Å². The van der Waals surface area contributed by atoms with Gasteiger partial charge in [0.2, 0.25) is 0 Å². The maximum Gasteiger partial charge on any atom is 0.277 e. The van der Waals surface area contributed by atoms with Gasteiger partial charge in [-0.2, -0.15) is 0 Å². The van der Waals surface area contributed by atoms with E-state index in [1.807, 2.05) is 19.9 Å². The summed E-state index contributed by atoms with van der Waals surface area (Å²) in [7, 11) is 0. The van der Waals surface area contributed by atoms with Crippen molar-refractivity contribution < 1.29 is 4.42 Å². The molecule has 1 heterocycles. The van der Waals surface area contributed by atoms with Crippen molar-refractivity contribution in [1.82, 2.24) is 0 Å². The lowest BCUT2D eigenvalue weighted by Gasteiger charge is -1.93. The zero-order valence-corrected chi connectivity index (χ0v) is 6.09. The third-order valence-corrected chi connectivity index (χ3v) is 1.47. The van der Waals surface area contributed by atoms with Crippen LogP contribution in [0, 0.1) is 13.5 Å². The number of hydrogen-bond donors (Lipinski definition) is 0. The molecule has 1 atom stereocenters. The fourth-order valence-corrected chi connectivity index (χ4v) is 0.871. The average Bonchev–Trinajstić information content (AvgIpc) is 2.34. The number of furan rings is 1. The van der Waals surface area contributed by atoms with Gasteiger partial charge in [0.15, 0.2) is 5.76 Å². The zero-order valence-electron chi connectivity index (χ0n) is 6.09. The average molecular weight is 135 g/mol. The second-order valence-electron chi connectivity index (χ2n) is 2.27. The van der Waals surface area contributed by atoms with Crippen molar-refractivity contribution in [2.45, 2.75) is 19.9 Å². The summed E-state index contributed by atoms with van der Waals surface area (Å²) in [6.07, 6.45) is 1.62. The van der Waals surface area contributed by atoms with Crippen LogP contribution in [0.4, 0.5) is 0 Å². The van der Waals surface area contributed by atoms with Gasteiger partial charge in [-0.15, -0.1) is 0 Å². The summed E-state index contributed by atoms with van der Waals surface area (Å²) in [6, 6.07) is 1.73. The molecule has 1 aromatic heterocycles. The summed E-state index contributed by atoms with van der Waals surface area (Å²) in [5, 5.41) is 0. The van der Waals surface area contributed by atoms with Gasteiger partial charge >= 0.3 is 0 Å². The van der Waals surface area contributed by atoms with Crippen LogP contribution in [0.2, 0.25) is 0 Å². The molecule has 0 fully saturated rings. The Balaban J connectivity index is 2.96. The maximum absolute atomic E-state index is 6.75. The summed E-state index contributed by atoms with van der Waals surface area (Å²) < 4.78 is 5.10. The van der Waals surface area contributed by atoms with Gasteiger partial charge in [-0.1, -0.05) is 0 Å². The summed E-state index contributed by atoms with van der Waals surface area (Å²) in [4.78, 5) is 3.35. The Morgan fingerprint density at radius 2 is 2.40 bits per heavy atom. The molecule has 0 aliphatic heterocycles. The molecule has 0 aliphatic rings. The highest BCUT2D eigenvalue weighted by atomic mass is 16.3. The molecular weight excluding hydrogens is 126 g/mol. The lowest BCUT2D eigenvalue weighted by Crippen LogP contribution is -1.84. The fraction of sp³-hybridized carbons (Fsp3) is 0.375. The minimum Gasteiger partial charge on any atom is -0.461 e. The first-order valence-electron chi connectivity index (χ1n) is 3.16. The minimum atomic E-state index is -0.144. The van der Waals surface area contributed by atoms with Crippen molar-refractivity contribution in [2.24, 2.45) is 0 Å². The molecular formula is C8H9NO. The fourth-order valence-electron chi connectivity index (χ4n) is 0.871. The van der Waals surface area contributed by atoms with Crippen molar-refractivity contribution in [3.8, 4) is 0 Å². The molecule has 0 N–H and O–H groups in total. The Bertz CT molecular complexity index is 256. The van der Waals surface area contributed by atoms with Crippen molar-refractivity contribution >= 4 is 0 Å². The van der Waals surface area contributed by atoms with E-state index in [9.17, 15) is 0 Å². The standard InChI is InChI=1S/C8H9NO/c1-6-4-5-10-8(6)7(2)9-3/h4-5,7H,1-2H3. The molecule has 0 bridgehead atoms. The minimum absolute atomic E-state index is 0.144. The Labute approximate surface area is 60.3 Å². The lowest BCUT2D eigenvalue weighted by atomic mass is 10.2. The number of aryl methyl sites for hydroxylation is 1. The molecule has 0 saturated carbocycles. The molecule has 0 aromatic carbocycles. The van der Waals surface area contributed by atoms with Crippen LogP contribution in [0.25, 0.3) is 4.85 Å². The van der Waals surface area contributed by atoms with Crippen LogP contribution < -0.4 is 0 Å². The van der Waals surface area contributed by atoms with Crippen molar-refractivity contribution in [2.75, 3.05) is 0 Å². The second kappa shape index (κ2) is 2.57. The van der Waals surface area contributed by atoms with Crippen LogP contribution in [-0.2, 0) is 0 Å². The van der Waals surface area contributed by atoms with Crippen molar-refractivity contribution in [3.63, 3.8) is 0 Å². The third kappa shape index (κ3) is 1.03. The van der Waals surface area contributed by atoms with Gasteiger partial charge in [-0.25, -0.2) is 6.57 Å². The van der Waals surface area contributed by atoms with Gasteiger partial charge in [-0.05, 0) is 18.6 Å². The second-order valence-corrected chi connectivity index (χ2v) is 2.27. The Hall–Kier alpha value is -1.23. The highest BCUT2D eigenvalue weighted by Crippen LogP contribution is 2.20. The molecule has 0 amide bonds. The molecule has 10 heavy (non-hydrogen) atoms. The van der Waals surface area contributed by atoms with Gasteiger partial charge < -0.3 is 9.26 Å². The van der Waals surface area contributed by atoms with E-state index < -0.39 is 0 Å². The Morgan fingerprint density at radius 1 is 1.70 bits per heavy atom. The smallest absolute Gasteiger partial charge is 0.277 e. The number of rotatable bonds is 1. The van der Waals surface area contributed by atoms with E-state index in [1.165, 1.54) is 0 Å². The van der Waals surface area contributed by atoms with E-state index >= 15 is 0 Å². The van der Waals surface area contributed by atoms with Crippen molar-refractivity contribution in [3.05, 3.63) is 35.1 Å². The molecule has 1 rings (SSSR count). The molecule has 0 aliphatic carbocycles. The van der Waals surface area contributed by atoms with Gasteiger partial charge in [0, 0.05) is 6.92 Å². The predicted octanol–water partition coefficient (Wildman–Crippen LogP) is 2.57. The maximum atomic E-state index is 6.75. The quantitative estimate of drug-likeness (QED) is 0.541. The molecule has 2 heteroatoms. The summed E-state index contributed by atoms with van der Waals surface area (Å²) in [5.74, 6) is 0.787. The first-order valence-corrected chi connectivity index (χ1v) is 3.16. The van der Waals surface area contributed by atoms with Gasteiger partial charge in [0.1, 0.15) is 0 Å². The molecule has 0 saturated heterocycles. The summed E-state index contributed by atoms with van der Waals surface area (Å²) in [6.45, 7) is 10.5. The first-order chi connectivity index (χ1) is 4.75. The first kappa shape index (κ1) is 6.88. The van der Waals surface area contributed by atoms with Crippen LogP contribution >= 0.6 is 0 Å². The van der Waals surface area contributed by atoms with Crippen LogP contribution in [0.3, 0.4) is 0 Å². The molecule has 1 aromatic rings. The molecule has 2 nitrogen and oxygen atoms in total. The van der Waals surface area contributed by atoms with Crippen LogP contribution in [0.1, 0.15) is 24.3 Å². The Morgan fingerprint density at radius 3 is 2.80 bits per heavy atom. The highest BCUT2D eigenvalue weighted by molar-refractivity contribution is 5.19. The predicted molar refractivity (Wildman–Crippen MR) is 38.5 cm³/mol. The van der Waals surface area contributed by atoms with Gasteiger partial charge in [-0.3, -0.25) is 0 Å². The Kier molecular flexibility index (Phi) is 1.77. The van der Waals surface area contributed by atoms with Gasteiger partial charge in [0.05, 0.1) is 6.26 Å². The van der Waals surface area contributed by atoms with Gasteiger partial charge in [0.25, 0.3) is 6.04 Å². The molecule has 52 valence electrons. The summed E-state index contributed by atoms with van der Waals surface area (Å²) >= 11 is 0. The topological polar surface area (TPSA) is 17.5 Å². The number of nitrogens with zero attached hydrogens (tertiary/aromatic N) is 1. The third-order valence-electron chi connectivity index (χ3n) is 1.47. The van der Waals surface area contributed by atoms with E-state index in [1.54, 1.807) is 6.26 Å². The molecule has 0 radical (unpaired) electrons. The van der Waals surface area contributed by atoms with E-state index in [0.29, 0.717) is 0 Å². The van der Waals surface area contributed by atoms with E-state index in [2.05, 4.69) is 4.85 Å².